The van der Waals surface area contributed by atoms with Crippen LogP contribution in [0.5, 0.6) is 0 Å². The van der Waals surface area contributed by atoms with Crippen molar-refractivity contribution in [1.82, 2.24) is 9.88 Å². The van der Waals surface area contributed by atoms with Gasteiger partial charge in [0.25, 0.3) is 6.43 Å². The Bertz CT molecular complexity index is 726. The molecule has 0 bridgehead atoms. The molecule has 28 heavy (non-hydrogen) atoms. The predicted molar refractivity (Wildman–Crippen MR) is 108 cm³/mol. The fourth-order valence-electron chi connectivity index (χ4n) is 2.27. The number of alkyl halides is 2. The van der Waals surface area contributed by atoms with Gasteiger partial charge in [-0.25, -0.2) is 18.8 Å². The van der Waals surface area contributed by atoms with Crippen LogP contribution < -0.4 is 5.32 Å². The van der Waals surface area contributed by atoms with Crippen molar-refractivity contribution in [2.45, 2.75) is 32.4 Å². The van der Waals surface area contributed by atoms with Crippen LogP contribution in [0, 0.1) is 0 Å². The second kappa shape index (κ2) is 12.2. The highest BCUT2D eigenvalue weighted by Gasteiger charge is 2.15. The number of ether oxygens (including phenoxy) is 1. The molecule has 0 saturated heterocycles. The van der Waals surface area contributed by atoms with E-state index in [2.05, 4.69) is 21.9 Å². The Hall–Kier alpha value is -2.32. The average molecular weight is 415 g/mol. The summed E-state index contributed by atoms with van der Waals surface area (Å²) in [5.74, 6) is 0.542. The summed E-state index contributed by atoms with van der Waals surface area (Å²) in [5.41, 5.74) is 1.36. The molecule has 154 valence electrons. The van der Waals surface area contributed by atoms with E-state index in [1.54, 1.807) is 25.5 Å². The lowest BCUT2D eigenvalue weighted by atomic mass is 10.1. The molecule has 0 aliphatic heterocycles. The van der Waals surface area contributed by atoms with Gasteiger partial charge in [0.05, 0.1) is 0 Å². The second-order valence-electron chi connectivity index (χ2n) is 5.97. The van der Waals surface area contributed by atoms with Gasteiger partial charge in [-0.1, -0.05) is 18.2 Å². The number of hydrogen-bond acceptors (Lipinski definition) is 6. The van der Waals surface area contributed by atoms with Crippen molar-refractivity contribution in [3.05, 3.63) is 47.0 Å². The summed E-state index contributed by atoms with van der Waals surface area (Å²) in [7, 11) is 3.65. The van der Waals surface area contributed by atoms with Gasteiger partial charge in [0.15, 0.2) is 12.9 Å². The summed E-state index contributed by atoms with van der Waals surface area (Å²) in [6.45, 7) is 5.15. The lowest BCUT2D eigenvalue weighted by molar-refractivity contribution is 0.0479. The fraction of sp³-hybridized carbons (Fsp3) is 0.421. The molecule has 0 saturated carbocycles. The molecule has 1 unspecified atom stereocenters. The van der Waals surface area contributed by atoms with Crippen LogP contribution in [0.15, 0.2) is 40.8 Å². The third-order valence-electron chi connectivity index (χ3n) is 4.00. The Kier molecular flexibility index (Phi) is 10.3. The summed E-state index contributed by atoms with van der Waals surface area (Å²) in [6, 6.07) is 1.70. The molecule has 1 heterocycles. The quantitative estimate of drug-likeness (QED) is 0.241. The molecule has 9 heteroatoms. The van der Waals surface area contributed by atoms with Crippen molar-refractivity contribution in [2.24, 2.45) is 4.99 Å². The summed E-state index contributed by atoms with van der Waals surface area (Å²) < 4.78 is 29.6. The Morgan fingerprint density at radius 2 is 2.25 bits per heavy atom. The van der Waals surface area contributed by atoms with Gasteiger partial charge >= 0.3 is 0 Å². The lowest BCUT2D eigenvalue weighted by Gasteiger charge is -2.25. The summed E-state index contributed by atoms with van der Waals surface area (Å²) in [6.07, 6.45) is 3.08. The maximum Gasteiger partial charge on any atom is 0.272 e. The van der Waals surface area contributed by atoms with Crippen molar-refractivity contribution in [3.63, 3.8) is 0 Å². The number of aldehydes is 1. The number of aromatic nitrogens is 1. The zero-order valence-corrected chi connectivity index (χ0v) is 16.9. The lowest BCUT2D eigenvalue weighted by Crippen LogP contribution is -2.29. The SMILES string of the molecule is C=C/C(Cl)=C(\N=C/CC(C)N(C)Cc1c(C=O)ccnc1NC)OCC(F)F. The van der Waals surface area contributed by atoms with Crippen LogP contribution in [-0.4, -0.2) is 55.6 Å². The smallest absolute Gasteiger partial charge is 0.272 e. The molecular weight excluding hydrogens is 390 g/mol. The van der Waals surface area contributed by atoms with Gasteiger partial charge in [-0.2, -0.15) is 0 Å². The number of carbonyl (C=O) groups excluding carboxylic acids is 1. The van der Waals surface area contributed by atoms with E-state index < -0.39 is 13.0 Å². The van der Waals surface area contributed by atoms with Gasteiger partial charge in [0, 0.05) is 43.2 Å². The molecular formula is C19H25ClF2N4O2. The average Bonchev–Trinajstić information content (AvgIpc) is 2.69. The minimum atomic E-state index is -2.63. The van der Waals surface area contributed by atoms with Crippen LogP contribution in [0.1, 0.15) is 29.3 Å². The zero-order chi connectivity index (χ0) is 21.1. The standard InChI is InChI=1S/C19H25ClF2N4O2/c1-5-16(20)19(28-12-17(21)22)25-8-6-13(2)26(4)10-15-14(11-27)7-9-24-18(15)23-3/h5,7-9,11,13,17H,1,6,10,12H2,2-4H3,(H,23,24)/b19-16-,25-8-. The number of anilines is 1. The Balaban J connectivity index is 2.79. The molecule has 1 aromatic heterocycles. The highest BCUT2D eigenvalue weighted by atomic mass is 35.5. The van der Waals surface area contributed by atoms with Gasteiger partial charge in [-0.05, 0) is 32.5 Å². The molecule has 0 amide bonds. The van der Waals surface area contributed by atoms with Gasteiger partial charge < -0.3 is 10.1 Å². The summed E-state index contributed by atoms with van der Waals surface area (Å²) in [4.78, 5) is 21.6. The predicted octanol–water partition coefficient (Wildman–Crippen LogP) is 4.09. The number of pyridine rings is 1. The van der Waals surface area contributed by atoms with E-state index in [1.165, 1.54) is 6.08 Å². The van der Waals surface area contributed by atoms with E-state index in [9.17, 15) is 13.6 Å². The van der Waals surface area contributed by atoms with Crippen LogP contribution >= 0.6 is 11.6 Å². The van der Waals surface area contributed by atoms with E-state index in [1.807, 2.05) is 18.9 Å². The topological polar surface area (TPSA) is 66.8 Å². The minimum Gasteiger partial charge on any atom is -0.471 e. The van der Waals surface area contributed by atoms with Gasteiger partial charge in [-0.15, -0.1) is 0 Å². The van der Waals surface area contributed by atoms with Gasteiger partial charge in [0.1, 0.15) is 10.9 Å². The molecule has 0 aromatic carbocycles. The molecule has 1 rings (SSSR count). The largest absolute Gasteiger partial charge is 0.471 e. The first-order chi connectivity index (χ1) is 13.3. The van der Waals surface area contributed by atoms with Crippen molar-refractivity contribution in [3.8, 4) is 0 Å². The molecule has 1 N–H and O–H groups in total. The summed E-state index contributed by atoms with van der Waals surface area (Å²) >= 11 is 5.89. The maximum absolute atomic E-state index is 12.3. The highest BCUT2D eigenvalue weighted by molar-refractivity contribution is 6.31. The molecule has 1 atom stereocenters. The summed E-state index contributed by atoms with van der Waals surface area (Å²) in [5, 5.41) is 3.04. The number of nitrogens with zero attached hydrogens (tertiary/aromatic N) is 3. The minimum absolute atomic E-state index is 0.0343. The normalized spacial score (nSPS) is 13.6. The van der Waals surface area contributed by atoms with E-state index >= 15 is 0 Å². The molecule has 6 nitrogen and oxygen atoms in total. The number of aliphatic imine (C=N–C) groups is 1. The number of carbonyl (C=O) groups is 1. The number of rotatable bonds is 12. The first kappa shape index (κ1) is 23.7. The van der Waals surface area contributed by atoms with E-state index in [0.717, 1.165) is 11.8 Å². The number of allylic oxidation sites excluding steroid dienone is 2. The van der Waals surface area contributed by atoms with E-state index in [4.69, 9.17) is 16.3 Å². The van der Waals surface area contributed by atoms with Crippen LogP contribution in [-0.2, 0) is 11.3 Å². The van der Waals surface area contributed by atoms with Crippen LogP contribution in [0.4, 0.5) is 14.6 Å². The molecule has 0 aliphatic carbocycles. The number of nitrogens with one attached hydrogen (secondary N) is 1. The third kappa shape index (κ3) is 7.36. The van der Waals surface area contributed by atoms with E-state index in [-0.39, 0.29) is 17.0 Å². The van der Waals surface area contributed by atoms with Gasteiger partial charge in [-0.3, -0.25) is 9.69 Å². The highest BCUT2D eigenvalue weighted by Crippen LogP contribution is 2.19. The molecule has 1 aromatic rings. The second-order valence-corrected chi connectivity index (χ2v) is 6.37. The van der Waals surface area contributed by atoms with Crippen LogP contribution in [0.25, 0.3) is 0 Å². The fourth-order valence-corrected chi connectivity index (χ4v) is 2.37. The third-order valence-corrected chi connectivity index (χ3v) is 4.32. The maximum atomic E-state index is 12.3. The monoisotopic (exact) mass is 414 g/mol. The molecule has 0 aliphatic rings. The zero-order valence-electron chi connectivity index (χ0n) is 16.2. The molecule has 0 radical (unpaired) electrons. The number of hydrogen-bond donors (Lipinski definition) is 1. The Morgan fingerprint density at radius 3 is 2.82 bits per heavy atom. The first-order valence-electron chi connectivity index (χ1n) is 8.60. The first-order valence-corrected chi connectivity index (χ1v) is 8.98. The van der Waals surface area contributed by atoms with E-state index in [0.29, 0.717) is 24.3 Å². The van der Waals surface area contributed by atoms with Gasteiger partial charge in [0.2, 0.25) is 5.88 Å². The van der Waals surface area contributed by atoms with Crippen molar-refractivity contribution < 1.29 is 18.3 Å². The molecule has 0 spiro atoms. The van der Waals surface area contributed by atoms with Crippen LogP contribution in [0.3, 0.4) is 0 Å². The Labute approximate surface area is 168 Å². The molecule has 0 fully saturated rings. The van der Waals surface area contributed by atoms with Crippen molar-refractivity contribution >= 4 is 29.9 Å². The number of halogens is 3. The van der Waals surface area contributed by atoms with Crippen LogP contribution in [0.2, 0.25) is 0 Å². The van der Waals surface area contributed by atoms with Crippen molar-refractivity contribution in [1.29, 1.82) is 0 Å². The Morgan fingerprint density at radius 1 is 1.54 bits per heavy atom. The van der Waals surface area contributed by atoms with Crippen molar-refractivity contribution in [2.75, 3.05) is 26.0 Å².